The first-order valence-electron chi connectivity index (χ1n) is 6.92. The number of nitrogens with one attached hydrogen (secondary N) is 1. The Morgan fingerprint density at radius 1 is 1.10 bits per heavy atom. The van der Waals surface area contributed by atoms with Gasteiger partial charge in [0.2, 0.25) is 0 Å². The Balaban J connectivity index is 2.12. The molecule has 1 heterocycles. The molecule has 0 bridgehead atoms. The van der Waals surface area contributed by atoms with E-state index in [0.29, 0.717) is 6.04 Å². The van der Waals surface area contributed by atoms with Crippen molar-refractivity contribution in [1.82, 2.24) is 5.32 Å². The molecule has 0 aliphatic rings. The molecule has 0 spiro atoms. The first-order valence-corrected chi connectivity index (χ1v) is 8.53. The number of rotatable bonds is 4. The Labute approximate surface area is 134 Å². The second kappa shape index (κ2) is 6.42. The molecule has 0 radical (unpaired) electrons. The van der Waals surface area contributed by atoms with Crippen molar-refractivity contribution in [1.29, 1.82) is 0 Å². The van der Waals surface area contributed by atoms with Gasteiger partial charge in [0.05, 0.1) is 3.79 Å². The van der Waals surface area contributed by atoms with Gasteiger partial charge >= 0.3 is 0 Å². The van der Waals surface area contributed by atoms with E-state index in [9.17, 15) is 0 Å². The molecule has 1 aromatic carbocycles. The number of hydrogen-bond acceptors (Lipinski definition) is 2. The molecule has 1 nitrogen and oxygen atoms in total. The normalized spacial score (nSPS) is 13.4. The van der Waals surface area contributed by atoms with E-state index >= 15 is 0 Å². The first-order chi connectivity index (χ1) is 9.40. The van der Waals surface area contributed by atoms with Gasteiger partial charge in [-0.2, -0.15) is 0 Å². The summed E-state index contributed by atoms with van der Waals surface area (Å²) in [7, 11) is 2.03. The van der Waals surface area contributed by atoms with E-state index in [1.807, 2.05) is 7.05 Å². The van der Waals surface area contributed by atoms with Crippen LogP contribution in [-0.2, 0) is 11.8 Å². The molecule has 108 valence electrons. The Hall–Kier alpha value is -0.640. The van der Waals surface area contributed by atoms with Crippen LogP contribution >= 0.6 is 27.3 Å². The molecular formula is C17H22BrNS. The van der Waals surface area contributed by atoms with Crippen molar-refractivity contribution in [2.45, 2.75) is 38.6 Å². The van der Waals surface area contributed by atoms with Crippen LogP contribution in [0, 0.1) is 0 Å². The summed E-state index contributed by atoms with van der Waals surface area (Å²) in [6, 6.07) is 13.7. The fourth-order valence-electron chi connectivity index (χ4n) is 2.24. The number of hydrogen-bond donors (Lipinski definition) is 1. The van der Waals surface area contributed by atoms with Gasteiger partial charge in [0.15, 0.2) is 0 Å². The summed E-state index contributed by atoms with van der Waals surface area (Å²) in [6.07, 6.45) is 1.02. The van der Waals surface area contributed by atoms with Crippen LogP contribution in [0.1, 0.15) is 42.8 Å². The van der Waals surface area contributed by atoms with Gasteiger partial charge in [0.25, 0.3) is 0 Å². The first kappa shape index (κ1) is 15.7. The van der Waals surface area contributed by atoms with Crippen LogP contribution < -0.4 is 5.32 Å². The highest BCUT2D eigenvalue weighted by Gasteiger charge is 2.15. The lowest BCUT2D eigenvalue weighted by atomic mass is 9.86. The molecule has 3 heteroatoms. The van der Waals surface area contributed by atoms with Crippen LogP contribution in [0.25, 0.3) is 0 Å². The number of thiophene rings is 1. The van der Waals surface area contributed by atoms with Crippen molar-refractivity contribution in [2.75, 3.05) is 7.05 Å². The predicted molar refractivity (Wildman–Crippen MR) is 92.7 cm³/mol. The lowest BCUT2D eigenvalue weighted by molar-refractivity contribution is 0.586. The van der Waals surface area contributed by atoms with Gasteiger partial charge in [0.1, 0.15) is 0 Å². The molecule has 1 N–H and O–H groups in total. The largest absolute Gasteiger partial charge is 0.312 e. The van der Waals surface area contributed by atoms with Gasteiger partial charge in [-0.1, -0.05) is 45.0 Å². The van der Waals surface area contributed by atoms with Crippen molar-refractivity contribution in [2.24, 2.45) is 0 Å². The number of likely N-dealkylation sites (N-methyl/N-ethyl adjacent to an activating group) is 1. The molecule has 2 rings (SSSR count). The van der Waals surface area contributed by atoms with E-state index in [-0.39, 0.29) is 5.41 Å². The Kier molecular flexibility index (Phi) is 5.05. The van der Waals surface area contributed by atoms with E-state index in [4.69, 9.17) is 0 Å². The third kappa shape index (κ3) is 3.94. The second-order valence-corrected chi connectivity index (χ2v) is 8.63. The van der Waals surface area contributed by atoms with Gasteiger partial charge in [-0.15, -0.1) is 11.3 Å². The maximum absolute atomic E-state index is 3.54. The fourth-order valence-corrected chi connectivity index (χ4v) is 3.77. The molecule has 0 saturated carbocycles. The van der Waals surface area contributed by atoms with Crippen molar-refractivity contribution >= 4 is 27.3 Å². The molecule has 2 aromatic rings. The lowest BCUT2D eigenvalue weighted by Crippen LogP contribution is -2.18. The summed E-state index contributed by atoms with van der Waals surface area (Å²) in [6.45, 7) is 6.75. The highest BCUT2D eigenvalue weighted by Crippen LogP contribution is 2.29. The molecule has 1 aromatic heterocycles. The quantitative estimate of drug-likeness (QED) is 0.786. The van der Waals surface area contributed by atoms with Crippen LogP contribution in [0.3, 0.4) is 0 Å². The summed E-state index contributed by atoms with van der Waals surface area (Å²) in [5, 5.41) is 3.41. The highest BCUT2D eigenvalue weighted by molar-refractivity contribution is 9.11. The van der Waals surface area contributed by atoms with E-state index in [0.717, 1.165) is 6.42 Å². The predicted octanol–water partition coefficient (Wildman–Crippen LogP) is 5.31. The van der Waals surface area contributed by atoms with E-state index in [1.165, 1.54) is 19.8 Å². The van der Waals surface area contributed by atoms with E-state index in [2.05, 4.69) is 78.4 Å². The maximum Gasteiger partial charge on any atom is 0.0701 e. The van der Waals surface area contributed by atoms with E-state index in [1.54, 1.807) is 11.3 Å². The third-order valence-corrected chi connectivity index (χ3v) is 5.28. The summed E-state index contributed by atoms with van der Waals surface area (Å²) >= 11 is 5.34. The standard InChI is InChI=1S/C17H22BrNS/c1-17(2,3)13-7-5-12(6-8-13)11-14(19-4)15-9-10-16(18)20-15/h5-10,14,19H,11H2,1-4H3. The van der Waals surface area contributed by atoms with Crippen molar-refractivity contribution < 1.29 is 0 Å². The molecule has 0 saturated heterocycles. The molecule has 0 amide bonds. The zero-order valence-electron chi connectivity index (χ0n) is 12.5. The Morgan fingerprint density at radius 2 is 1.75 bits per heavy atom. The third-order valence-electron chi connectivity index (χ3n) is 3.55. The zero-order chi connectivity index (χ0) is 14.8. The molecule has 0 aliphatic heterocycles. The average Bonchev–Trinajstić information content (AvgIpc) is 2.82. The molecule has 1 atom stereocenters. The molecular weight excluding hydrogens is 330 g/mol. The minimum atomic E-state index is 0.222. The van der Waals surface area contributed by atoms with Gasteiger partial charge in [-0.3, -0.25) is 0 Å². The van der Waals surface area contributed by atoms with Crippen LogP contribution in [0.5, 0.6) is 0 Å². The van der Waals surface area contributed by atoms with E-state index < -0.39 is 0 Å². The average molecular weight is 352 g/mol. The zero-order valence-corrected chi connectivity index (χ0v) is 14.9. The van der Waals surface area contributed by atoms with Gasteiger partial charge in [-0.05, 0) is 58.1 Å². The van der Waals surface area contributed by atoms with Gasteiger partial charge in [0, 0.05) is 10.9 Å². The topological polar surface area (TPSA) is 12.0 Å². The van der Waals surface area contributed by atoms with Crippen molar-refractivity contribution in [3.05, 3.63) is 56.2 Å². The van der Waals surface area contributed by atoms with Gasteiger partial charge in [-0.25, -0.2) is 0 Å². The minimum absolute atomic E-state index is 0.222. The fraction of sp³-hybridized carbons (Fsp3) is 0.412. The van der Waals surface area contributed by atoms with Crippen molar-refractivity contribution in [3.8, 4) is 0 Å². The van der Waals surface area contributed by atoms with Crippen LogP contribution in [0.4, 0.5) is 0 Å². The molecule has 20 heavy (non-hydrogen) atoms. The smallest absolute Gasteiger partial charge is 0.0701 e. The number of halogens is 1. The Morgan fingerprint density at radius 3 is 2.20 bits per heavy atom. The SMILES string of the molecule is CNC(Cc1ccc(C(C)(C)C)cc1)c1ccc(Br)s1. The monoisotopic (exact) mass is 351 g/mol. The van der Waals surface area contributed by atoms with Gasteiger partial charge < -0.3 is 5.32 Å². The summed E-state index contributed by atoms with van der Waals surface area (Å²) in [5.74, 6) is 0. The van der Waals surface area contributed by atoms with Crippen LogP contribution in [0.2, 0.25) is 0 Å². The summed E-state index contributed by atoms with van der Waals surface area (Å²) in [4.78, 5) is 1.37. The lowest BCUT2D eigenvalue weighted by Gasteiger charge is -2.20. The molecule has 0 fully saturated rings. The summed E-state index contributed by atoms with van der Waals surface area (Å²) in [5.41, 5.74) is 2.99. The maximum atomic E-state index is 3.54. The van der Waals surface area contributed by atoms with Crippen LogP contribution in [-0.4, -0.2) is 7.05 Å². The van der Waals surface area contributed by atoms with Crippen LogP contribution in [0.15, 0.2) is 40.2 Å². The Bertz CT molecular complexity index is 551. The minimum Gasteiger partial charge on any atom is -0.312 e. The van der Waals surface area contributed by atoms with Crippen molar-refractivity contribution in [3.63, 3.8) is 0 Å². The summed E-state index contributed by atoms with van der Waals surface area (Å²) < 4.78 is 1.19. The highest BCUT2D eigenvalue weighted by atomic mass is 79.9. The number of benzene rings is 1. The second-order valence-electron chi connectivity index (χ2n) is 6.13. The molecule has 1 unspecified atom stereocenters. The molecule has 0 aliphatic carbocycles.